The van der Waals surface area contributed by atoms with Gasteiger partial charge < -0.3 is 14.3 Å². The fourth-order valence-corrected chi connectivity index (χ4v) is 4.71. The van der Waals surface area contributed by atoms with Crippen molar-refractivity contribution in [3.05, 3.63) is 39.9 Å². The monoisotopic (exact) mass is 373 g/mol. The first-order valence-electron chi connectivity index (χ1n) is 9.20. The van der Waals surface area contributed by atoms with Gasteiger partial charge in [0.15, 0.2) is 5.76 Å². The van der Waals surface area contributed by atoms with E-state index in [0.29, 0.717) is 6.54 Å². The summed E-state index contributed by atoms with van der Waals surface area (Å²) in [5, 5.41) is 5.88. The highest BCUT2D eigenvalue weighted by Crippen LogP contribution is 2.34. The maximum absolute atomic E-state index is 13.2. The Morgan fingerprint density at radius 3 is 2.85 bits per heavy atom. The van der Waals surface area contributed by atoms with Gasteiger partial charge in [-0.3, -0.25) is 9.59 Å². The fraction of sp³-hybridized carbons (Fsp3) is 0.526. The minimum absolute atomic E-state index is 0.0212. The van der Waals surface area contributed by atoms with Gasteiger partial charge in [-0.2, -0.15) is 0 Å². The number of aromatic nitrogens is 1. The smallest absolute Gasteiger partial charge is 0.263 e. The van der Waals surface area contributed by atoms with Gasteiger partial charge in [-0.05, 0) is 44.1 Å². The van der Waals surface area contributed by atoms with Crippen LogP contribution in [-0.2, 0) is 4.79 Å². The summed E-state index contributed by atoms with van der Waals surface area (Å²) in [5.41, 5.74) is 0.838. The Morgan fingerprint density at radius 1 is 1.27 bits per heavy atom. The van der Waals surface area contributed by atoms with Gasteiger partial charge in [-0.15, -0.1) is 11.3 Å². The van der Waals surface area contributed by atoms with Crippen LogP contribution in [0, 0.1) is 12.8 Å². The molecule has 7 heteroatoms. The van der Waals surface area contributed by atoms with E-state index in [1.807, 2.05) is 40.3 Å². The summed E-state index contributed by atoms with van der Waals surface area (Å²) in [7, 11) is 0. The van der Waals surface area contributed by atoms with E-state index in [1.165, 1.54) is 11.3 Å². The van der Waals surface area contributed by atoms with E-state index in [1.54, 1.807) is 0 Å². The molecule has 0 unspecified atom stereocenters. The quantitative estimate of drug-likeness (QED) is 0.828. The van der Waals surface area contributed by atoms with Gasteiger partial charge in [-0.1, -0.05) is 11.2 Å². The van der Waals surface area contributed by atoms with Crippen LogP contribution in [0.3, 0.4) is 0 Å². The fourth-order valence-electron chi connectivity index (χ4n) is 4.02. The number of carbonyl (C=O) groups excluding carboxylic acids is 2. The zero-order chi connectivity index (χ0) is 18.1. The van der Waals surface area contributed by atoms with Crippen LogP contribution in [-0.4, -0.2) is 46.4 Å². The molecule has 0 saturated carbocycles. The number of carbonyl (C=O) groups is 2. The lowest BCUT2D eigenvalue weighted by Gasteiger charge is -2.35. The largest absolute Gasteiger partial charge is 0.359 e. The van der Waals surface area contributed by atoms with Crippen LogP contribution in [0.4, 0.5) is 0 Å². The number of hydrogen-bond donors (Lipinski definition) is 0. The normalized spacial score (nSPS) is 23.4. The van der Waals surface area contributed by atoms with Crippen LogP contribution < -0.4 is 0 Å². The van der Waals surface area contributed by atoms with Gasteiger partial charge in [-0.25, -0.2) is 0 Å². The highest BCUT2D eigenvalue weighted by molar-refractivity contribution is 7.12. The molecule has 26 heavy (non-hydrogen) atoms. The summed E-state index contributed by atoms with van der Waals surface area (Å²) >= 11 is 1.45. The third-order valence-corrected chi connectivity index (χ3v) is 6.16. The molecule has 0 bridgehead atoms. The van der Waals surface area contributed by atoms with Crippen molar-refractivity contribution in [1.82, 2.24) is 15.0 Å². The van der Waals surface area contributed by atoms with Crippen LogP contribution in [0.5, 0.6) is 0 Å². The third-order valence-electron chi connectivity index (χ3n) is 5.30. The predicted octanol–water partition coefficient (Wildman–Crippen LogP) is 3.26. The molecule has 2 aromatic rings. The molecule has 4 heterocycles. The lowest BCUT2D eigenvalue weighted by atomic mass is 9.95. The highest BCUT2D eigenvalue weighted by Gasteiger charge is 2.38. The van der Waals surface area contributed by atoms with E-state index in [9.17, 15) is 9.59 Å². The zero-order valence-electron chi connectivity index (χ0n) is 14.9. The van der Waals surface area contributed by atoms with Crippen LogP contribution in [0.2, 0.25) is 0 Å². The molecular weight excluding hydrogens is 350 g/mol. The summed E-state index contributed by atoms with van der Waals surface area (Å²) in [4.78, 5) is 30.3. The third kappa shape index (κ3) is 3.28. The molecule has 2 atom stereocenters. The molecule has 138 valence electrons. The van der Waals surface area contributed by atoms with E-state index in [2.05, 4.69) is 5.16 Å². The molecule has 2 aromatic heterocycles. The Morgan fingerprint density at radius 2 is 2.12 bits per heavy atom. The Kier molecular flexibility index (Phi) is 4.80. The summed E-state index contributed by atoms with van der Waals surface area (Å²) in [6, 6.07) is 5.64. The van der Waals surface area contributed by atoms with E-state index >= 15 is 0 Å². The number of rotatable bonds is 3. The number of likely N-dealkylation sites (tertiary alicyclic amines) is 2. The van der Waals surface area contributed by atoms with Gasteiger partial charge in [0.25, 0.3) is 5.91 Å². The molecule has 2 aliphatic rings. The van der Waals surface area contributed by atoms with Crippen LogP contribution in [0.15, 0.2) is 28.1 Å². The number of aryl methyl sites for hydroxylation is 1. The minimum Gasteiger partial charge on any atom is -0.359 e. The molecular formula is C19H23N3O3S. The molecule has 4 rings (SSSR count). The molecule has 2 aliphatic heterocycles. The van der Waals surface area contributed by atoms with Crippen LogP contribution in [0.25, 0.3) is 0 Å². The van der Waals surface area contributed by atoms with E-state index in [-0.39, 0.29) is 23.8 Å². The Hall–Kier alpha value is -2.15. The van der Waals surface area contributed by atoms with Crippen molar-refractivity contribution >= 4 is 23.2 Å². The standard InChI is InChI=1S/C19H23N3O3S/c1-13-11-16(25-20-13)15-6-3-9-22(15)18(23)14-5-2-8-21(12-14)19(24)17-7-4-10-26-17/h4,7,10-11,14-15H,2-3,5-6,8-9,12H2,1H3/t14-,15-/m0/s1. The summed E-state index contributed by atoms with van der Waals surface area (Å²) < 4.78 is 5.42. The second-order valence-electron chi connectivity index (χ2n) is 7.13. The van der Waals surface area contributed by atoms with Crippen molar-refractivity contribution in [2.24, 2.45) is 5.92 Å². The van der Waals surface area contributed by atoms with Gasteiger partial charge >= 0.3 is 0 Å². The maximum atomic E-state index is 13.2. The van der Waals surface area contributed by atoms with Crippen molar-refractivity contribution < 1.29 is 14.1 Å². The van der Waals surface area contributed by atoms with Crippen molar-refractivity contribution in [2.45, 2.75) is 38.6 Å². The van der Waals surface area contributed by atoms with E-state index in [4.69, 9.17) is 4.52 Å². The Balaban J connectivity index is 1.46. The zero-order valence-corrected chi connectivity index (χ0v) is 15.7. The number of piperidine rings is 1. The van der Waals surface area contributed by atoms with Crippen molar-refractivity contribution in [3.8, 4) is 0 Å². The van der Waals surface area contributed by atoms with Gasteiger partial charge in [0.2, 0.25) is 5.91 Å². The van der Waals surface area contributed by atoms with Crippen molar-refractivity contribution in [1.29, 1.82) is 0 Å². The molecule has 0 N–H and O–H groups in total. The van der Waals surface area contributed by atoms with Crippen molar-refractivity contribution in [3.63, 3.8) is 0 Å². The summed E-state index contributed by atoms with van der Waals surface area (Å²) in [6.45, 7) is 3.88. The molecule has 2 amide bonds. The average Bonchev–Trinajstić information content (AvgIpc) is 3.41. The first kappa shape index (κ1) is 17.3. The lowest BCUT2D eigenvalue weighted by molar-refractivity contribution is -0.138. The van der Waals surface area contributed by atoms with E-state index < -0.39 is 0 Å². The molecule has 2 saturated heterocycles. The maximum Gasteiger partial charge on any atom is 0.263 e. The molecule has 0 radical (unpaired) electrons. The number of hydrogen-bond acceptors (Lipinski definition) is 5. The van der Waals surface area contributed by atoms with E-state index in [0.717, 1.165) is 55.1 Å². The Bertz CT molecular complexity index is 786. The van der Waals surface area contributed by atoms with Crippen LogP contribution >= 0.6 is 11.3 Å². The number of nitrogens with zero attached hydrogens (tertiary/aromatic N) is 3. The molecule has 0 aromatic carbocycles. The Labute approximate surface area is 156 Å². The predicted molar refractivity (Wildman–Crippen MR) is 97.9 cm³/mol. The first-order valence-corrected chi connectivity index (χ1v) is 10.1. The lowest BCUT2D eigenvalue weighted by Crippen LogP contribution is -2.46. The summed E-state index contributed by atoms with van der Waals surface area (Å²) in [5.74, 6) is 0.833. The summed E-state index contributed by atoms with van der Waals surface area (Å²) in [6.07, 6.45) is 3.59. The molecule has 6 nitrogen and oxygen atoms in total. The van der Waals surface area contributed by atoms with Gasteiger partial charge in [0, 0.05) is 25.7 Å². The minimum atomic E-state index is -0.128. The SMILES string of the molecule is Cc1cc([C@@H]2CCCN2C(=O)[C@H]2CCCN(C(=O)c3cccs3)C2)on1. The number of thiophene rings is 1. The van der Waals surface area contributed by atoms with Crippen LogP contribution in [0.1, 0.15) is 52.9 Å². The molecule has 2 fully saturated rings. The number of amides is 2. The first-order chi connectivity index (χ1) is 12.6. The van der Waals surface area contributed by atoms with Crippen molar-refractivity contribution in [2.75, 3.05) is 19.6 Å². The van der Waals surface area contributed by atoms with Gasteiger partial charge in [0.1, 0.15) is 0 Å². The second-order valence-corrected chi connectivity index (χ2v) is 8.08. The molecule has 0 spiro atoms. The topological polar surface area (TPSA) is 66.7 Å². The highest BCUT2D eigenvalue weighted by atomic mass is 32.1. The van der Waals surface area contributed by atoms with Gasteiger partial charge in [0.05, 0.1) is 22.5 Å². The average molecular weight is 373 g/mol. The second kappa shape index (κ2) is 7.23. The molecule has 0 aliphatic carbocycles.